The van der Waals surface area contributed by atoms with E-state index < -0.39 is 0 Å². The van der Waals surface area contributed by atoms with Gasteiger partial charge in [-0.3, -0.25) is 0 Å². The number of benzene rings is 2. The molecule has 1 aromatic heterocycles. The van der Waals surface area contributed by atoms with E-state index in [1.165, 1.54) is 0 Å². The van der Waals surface area contributed by atoms with Gasteiger partial charge in [0.1, 0.15) is 5.75 Å². The molecule has 0 saturated carbocycles. The number of ether oxygens (including phenoxy) is 1. The zero-order chi connectivity index (χ0) is 16.9. The van der Waals surface area contributed by atoms with Gasteiger partial charge in [0.2, 0.25) is 0 Å². The minimum Gasteiger partial charge on any atom is -0.484 e. The predicted octanol–water partition coefficient (Wildman–Crippen LogP) is 4.15. The van der Waals surface area contributed by atoms with Crippen molar-refractivity contribution in [3.05, 3.63) is 64.0 Å². The number of nitrogens with two attached hydrogens (primary N) is 1. The summed E-state index contributed by atoms with van der Waals surface area (Å²) in [6.45, 7) is 0.655. The van der Waals surface area contributed by atoms with Crippen LogP contribution in [0.4, 0.5) is 11.7 Å². The molecule has 2 aromatic carbocycles. The first kappa shape index (κ1) is 16.4. The highest BCUT2D eigenvalue weighted by Crippen LogP contribution is 2.23. The van der Waals surface area contributed by atoms with Crippen LogP contribution in [-0.4, -0.2) is 10.2 Å². The van der Waals surface area contributed by atoms with Crippen LogP contribution in [0.3, 0.4) is 0 Å². The van der Waals surface area contributed by atoms with Crippen LogP contribution in [-0.2, 0) is 13.2 Å². The zero-order valence-electron chi connectivity index (χ0n) is 12.5. The molecule has 3 aromatic rings. The van der Waals surface area contributed by atoms with Gasteiger partial charge in [-0.05, 0) is 42.0 Å². The molecule has 0 aliphatic heterocycles. The number of halogens is 2. The van der Waals surface area contributed by atoms with E-state index >= 15 is 0 Å². The molecule has 0 unspecified atom stereocenters. The van der Waals surface area contributed by atoms with E-state index in [4.69, 9.17) is 38.1 Å². The summed E-state index contributed by atoms with van der Waals surface area (Å²) in [6.07, 6.45) is 0. The summed E-state index contributed by atoms with van der Waals surface area (Å²) >= 11 is 11.9. The topological polar surface area (TPSA) is 86.2 Å². The van der Waals surface area contributed by atoms with Crippen LogP contribution in [0, 0.1) is 0 Å². The summed E-state index contributed by atoms with van der Waals surface area (Å²) < 4.78 is 11.0. The third-order valence-corrected chi connectivity index (χ3v) is 3.88. The number of nitrogens with zero attached hydrogens (tertiary/aromatic N) is 2. The molecule has 8 heteroatoms. The average Bonchev–Trinajstić information content (AvgIpc) is 3.03. The Bertz CT molecular complexity index is 821. The molecule has 0 spiro atoms. The first-order chi connectivity index (χ1) is 11.6. The standard InChI is InChI=1S/C16H14Cl2N4O2/c17-13-6-1-10(7-14(13)18)8-20-16-22-21-15(24-16)9-23-12-4-2-11(19)3-5-12/h1-7H,8-9,19H2,(H,20,22). The van der Waals surface area contributed by atoms with Crippen LogP contribution >= 0.6 is 23.2 Å². The molecule has 0 amide bonds. The minimum atomic E-state index is 0.172. The number of hydrogen-bond donors (Lipinski definition) is 2. The molecule has 0 bridgehead atoms. The molecule has 24 heavy (non-hydrogen) atoms. The maximum absolute atomic E-state index is 5.97. The third kappa shape index (κ3) is 4.31. The van der Waals surface area contributed by atoms with E-state index in [0.29, 0.717) is 39.9 Å². The van der Waals surface area contributed by atoms with Crippen molar-refractivity contribution in [3.8, 4) is 5.75 Å². The van der Waals surface area contributed by atoms with Gasteiger partial charge in [0.05, 0.1) is 10.0 Å². The number of nitrogens with one attached hydrogen (secondary N) is 1. The van der Waals surface area contributed by atoms with Gasteiger partial charge >= 0.3 is 6.01 Å². The van der Waals surface area contributed by atoms with Gasteiger partial charge in [-0.25, -0.2) is 0 Å². The van der Waals surface area contributed by atoms with Crippen molar-refractivity contribution >= 4 is 34.9 Å². The van der Waals surface area contributed by atoms with Crippen LogP contribution < -0.4 is 15.8 Å². The van der Waals surface area contributed by atoms with Crippen LogP contribution in [0.5, 0.6) is 5.75 Å². The first-order valence-electron chi connectivity index (χ1n) is 7.08. The smallest absolute Gasteiger partial charge is 0.315 e. The summed E-state index contributed by atoms with van der Waals surface area (Å²) in [5.41, 5.74) is 7.24. The molecule has 0 radical (unpaired) electrons. The minimum absolute atomic E-state index is 0.172. The number of hydrogen-bond acceptors (Lipinski definition) is 6. The summed E-state index contributed by atoms with van der Waals surface area (Å²) in [7, 11) is 0. The van der Waals surface area contributed by atoms with Crippen molar-refractivity contribution in [1.29, 1.82) is 0 Å². The Morgan fingerprint density at radius 2 is 1.83 bits per heavy atom. The summed E-state index contributed by atoms with van der Waals surface area (Å²) in [6, 6.07) is 12.7. The lowest BCUT2D eigenvalue weighted by Gasteiger charge is -2.04. The van der Waals surface area contributed by atoms with Gasteiger partial charge < -0.3 is 20.2 Å². The normalized spacial score (nSPS) is 10.6. The van der Waals surface area contributed by atoms with E-state index in [2.05, 4.69) is 15.5 Å². The van der Waals surface area contributed by atoms with Crippen LogP contribution in [0.25, 0.3) is 0 Å². The van der Waals surface area contributed by atoms with Crippen molar-refractivity contribution in [2.75, 3.05) is 11.1 Å². The molecule has 0 aliphatic rings. The van der Waals surface area contributed by atoms with Crippen LogP contribution in [0.1, 0.15) is 11.5 Å². The fourth-order valence-electron chi connectivity index (χ4n) is 1.92. The van der Waals surface area contributed by atoms with Crippen LogP contribution in [0.15, 0.2) is 46.9 Å². The summed E-state index contributed by atoms with van der Waals surface area (Å²) in [4.78, 5) is 0. The molecule has 124 valence electrons. The maximum Gasteiger partial charge on any atom is 0.315 e. The Labute approximate surface area is 148 Å². The van der Waals surface area contributed by atoms with Crippen molar-refractivity contribution in [3.63, 3.8) is 0 Å². The Morgan fingerprint density at radius 3 is 2.58 bits per heavy atom. The first-order valence-corrected chi connectivity index (χ1v) is 7.84. The Balaban J connectivity index is 1.53. The number of nitrogen functional groups attached to an aromatic ring is 1. The average molecular weight is 365 g/mol. The van der Waals surface area contributed by atoms with E-state index in [1.807, 2.05) is 6.07 Å². The van der Waals surface area contributed by atoms with E-state index in [9.17, 15) is 0 Å². The van der Waals surface area contributed by atoms with Gasteiger partial charge in [0.15, 0.2) is 6.61 Å². The van der Waals surface area contributed by atoms with Gasteiger partial charge in [-0.1, -0.05) is 34.4 Å². The van der Waals surface area contributed by atoms with Crippen LogP contribution in [0.2, 0.25) is 10.0 Å². The van der Waals surface area contributed by atoms with E-state index in [-0.39, 0.29) is 6.61 Å². The monoisotopic (exact) mass is 364 g/mol. The van der Waals surface area contributed by atoms with Gasteiger partial charge in [-0.15, -0.1) is 5.10 Å². The Morgan fingerprint density at radius 1 is 1.04 bits per heavy atom. The maximum atomic E-state index is 5.97. The number of aromatic nitrogens is 2. The molecule has 1 heterocycles. The quantitative estimate of drug-likeness (QED) is 0.639. The molecule has 3 N–H and O–H groups in total. The second-order valence-electron chi connectivity index (χ2n) is 4.96. The molecule has 0 aliphatic carbocycles. The largest absolute Gasteiger partial charge is 0.484 e. The molecule has 0 atom stereocenters. The van der Waals surface area contributed by atoms with Crippen molar-refractivity contribution in [2.24, 2.45) is 0 Å². The number of rotatable bonds is 6. The van der Waals surface area contributed by atoms with Gasteiger partial charge in [-0.2, -0.15) is 0 Å². The molecule has 0 saturated heterocycles. The molecular weight excluding hydrogens is 351 g/mol. The van der Waals surface area contributed by atoms with Gasteiger partial charge in [0.25, 0.3) is 5.89 Å². The fraction of sp³-hybridized carbons (Fsp3) is 0.125. The lowest BCUT2D eigenvalue weighted by molar-refractivity contribution is 0.264. The summed E-state index contributed by atoms with van der Waals surface area (Å²) in [5, 5.41) is 11.9. The van der Waals surface area contributed by atoms with Crippen molar-refractivity contribution in [1.82, 2.24) is 10.2 Å². The predicted molar refractivity (Wildman–Crippen MR) is 93.3 cm³/mol. The SMILES string of the molecule is Nc1ccc(OCc2nnc(NCc3ccc(Cl)c(Cl)c3)o2)cc1. The molecule has 3 rings (SSSR count). The molecule has 0 fully saturated rings. The number of anilines is 2. The highest BCUT2D eigenvalue weighted by Gasteiger charge is 2.07. The lowest BCUT2D eigenvalue weighted by atomic mass is 10.2. The Kier molecular flexibility index (Phi) is 5.08. The fourth-order valence-corrected chi connectivity index (χ4v) is 2.24. The van der Waals surface area contributed by atoms with Crippen molar-refractivity contribution < 1.29 is 9.15 Å². The van der Waals surface area contributed by atoms with Gasteiger partial charge in [0, 0.05) is 12.2 Å². The van der Waals surface area contributed by atoms with Crippen molar-refractivity contribution in [2.45, 2.75) is 13.2 Å². The highest BCUT2D eigenvalue weighted by atomic mass is 35.5. The molecular formula is C16H14Cl2N4O2. The Hall–Kier alpha value is -2.44. The lowest BCUT2D eigenvalue weighted by Crippen LogP contribution is -1.99. The second kappa shape index (κ2) is 7.42. The zero-order valence-corrected chi connectivity index (χ0v) is 14.0. The summed E-state index contributed by atoms with van der Waals surface area (Å²) in [5.74, 6) is 1.04. The van der Waals surface area contributed by atoms with E-state index in [1.54, 1.807) is 36.4 Å². The highest BCUT2D eigenvalue weighted by molar-refractivity contribution is 6.42. The third-order valence-electron chi connectivity index (χ3n) is 3.14. The second-order valence-corrected chi connectivity index (χ2v) is 5.78. The van der Waals surface area contributed by atoms with E-state index in [0.717, 1.165) is 5.56 Å². The molecule has 6 nitrogen and oxygen atoms in total.